The third-order valence-electron chi connectivity index (χ3n) is 2.91. The Labute approximate surface area is 116 Å². The first-order valence-electron chi connectivity index (χ1n) is 6.25. The summed E-state index contributed by atoms with van der Waals surface area (Å²) < 4.78 is 10.1. The standard InChI is InChI=1S/C14H16N2O4/c1-4-19-14(18)12-8(2)15-7-11(12)16-13(17)10-5-6-20-9(10)3/h5-7,15H,4H2,1-3H3,(H,16,17). The molecule has 2 N–H and O–H groups in total. The van der Waals surface area contributed by atoms with Crippen LogP contribution in [0.1, 0.15) is 39.1 Å². The number of rotatable bonds is 4. The molecule has 0 bridgehead atoms. The zero-order valence-corrected chi connectivity index (χ0v) is 11.6. The molecule has 0 aliphatic heterocycles. The van der Waals surface area contributed by atoms with Crippen LogP contribution in [0.2, 0.25) is 0 Å². The molecule has 0 aliphatic rings. The van der Waals surface area contributed by atoms with Gasteiger partial charge in [0.15, 0.2) is 0 Å². The minimum absolute atomic E-state index is 0.275. The molecule has 0 spiro atoms. The van der Waals surface area contributed by atoms with Crippen molar-refractivity contribution in [1.82, 2.24) is 4.98 Å². The lowest BCUT2D eigenvalue weighted by atomic mass is 10.2. The van der Waals surface area contributed by atoms with Gasteiger partial charge in [0.1, 0.15) is 11.3 Å². The van der Waals surface area contributed by atoms with Gasteiger partial charge in [0.25, 0.3) is 5.91 Å². The molecule has 6 heteroatoms. The quantitative estimate of drug-likeness (QED) is 0.841. The molecule has 0 atom stereocenters. The van der Waals surface area contributed by atoms with Crippen LogP contribution in [0.25, 0.3) is 0 Å². The summed E-state index contributed by atoms with van der Waals surface area (Å²) in [7, 11) is 0. The number of hydrogen-bond donors (Lipinski definition) is 2. The van der Waals surface area contributed by atoms with E-state index in [0.29, 0.717) is 28.3 Å². The molecule has 0 radical (unpaired) electrons. The van der Waals surface area contributed by atoms with Gasteiger partial charge in [-0.15, -0.1) is 0 Å². The maximum absolute atomic E-state index is 12.1. The van der Waals surface area contributed by atoms with Gasteiger partial charge in [-0.3, -0.25) is 4.79 Å². The molecule has 6 nitrogen and oxygen atoms in total. The largest absolute Gasteiger partial charge is 0.469 e. The molecule has 20 heavy (non-hydrogen) atoms. The van der Waals surface area contributed by atoms with E-state index in [1.54, 1.807) is 33.0 Å². The fraction of sp³-hybridized carbons (Fsp3) is 0.286. The van der Waals surface area contributed by atoms with E-state index in [0.717, 1.165) is 0 Å². The molecule has 0 aliphatic carbocycles. The first-order chi connectivity index (χ1) is 9.54. The summed E-state index contributed by atoms with van der Waals surface area (Å²) in [6.45, 7) is 5.44. The number of carbonyl (C=O) groups is 2. The molecule has 2 rings (SSSR count). The van der Waals surface area contributed by atoms with E-state index in [4.69, 9.17) is 9.15 Å². The summed E-state index contributed by atoms with van der Waals surface area (Å²) in [6.07, 6.45) is 3.01. The van der Waals surface area contributed by atoms with Gasteiger partial charge in [0, 0.05) is 11.9 Å². The maximum Gasteiger partial charge on any atom is 0.342 e. The van der Waals surface area contributed by atoms with E-state index >= 15 is 0 Å². The summed E-state index contributed by atoms with van der Waals surface area (Å²) in [5.41, 5.74) is 1.80. The van der Waals surface area contributed by atoms with E-state index in [9.17, 15) is 9.59 Å². The molecule has 0 aromatic carbocycles. The van der Waals surface area contributed by atoms with Crippen LogP contribution in [0.3, 0.4) is 0 Å². The minimum atomic E-state index is -0.467. The first kappa shape index (κ1) is 13.9. The van der Waals surface area contributed by atoms with E-state index in [2.05, 4.69) is 10.3 Å². The average molecular weight is 276 g/mol. The second kappa shape index (κ2) is 5.64. The number of aromatic nitrogens is 1. The van der Waals surface area contributed by atoms with Crippen LogP contribution in [0.4, 0.5) is 5.69 Å². The highest BCUT2D eigenvalue weighted by molar-refractivity contribution is 6.08. The lowest BCUT2D eigenvalue weighted by Crippen LogP contribution is -2.15. The van der Waals surface area contributed by atoms with Crippen molar-refractivity contribution in [3.63, 3.8) is 0 Å². The number of H-pyrrole nitrogens is 1. The van der Waals surface area contributed by atoms with Crippen molar-refractivity contribution in [3.8, 4) is 0 Å². The van der Waals surface area contributed by atoms with Crippen molar-refractivity contribution in [2.45, 2.75) is 20.8 Å². The summed E-state index contributed by atoms with van der Waals surface area (Å²) >= 11 is 0. The molecule has 2 aromatic rings. The van der Waals surface area contributed by atoms with Gasteiger partial charge in [-0.2, -0.15) is 0 Å². The zero-order valence-electron chi connectivity index (χ0n) is 11.6. The Morgan fingerprint density at radius 1 is 1.40 bits per heavy atom. The number of aryl methyl sites for hydroxylation is 2. The number of anilines is 1. The van der Waals surface area contributed by atoms with Crippen molar-refractivity contribution in [1.29, 1.82) is 0 Å². The molecule has 0 unspecified atom stereocenters. The van der Waals surface area contributed by atoms with Gasteiger partial charge in [-0.1, -0.05) is 0 Å². The average Bonchev–Trinajstić information content (AvgIpc) is 2.96. The third kappa shape index (κ3) is 2.59. The fourth-order valence-corrected chi connectivity index (χ4v) is 1.90. The molecule has 2 heterocycles. The topological polar surface area (TPSA) is 84.3 Å². The Balaban J connectivity index is 2.24. The lowest BCUT2D eigenvalue weighted by Gasteiger charge is -2.06. The predicted molar refractivity (Wildman–Crippen MR) is 72.9 cm³/mol. The summed E-state index contributed by atoms with van der Waals surface area (Å²) in [4.78, 5) is 26.9. The number of furan rings is 1. The SMILES string of the molecule is CCOC(=O)c1c(NC(=O)c2ccoc2C)c[nH]c1C. The maximum atomic E-state index is 12.1. The molecule has 0 saturated heterocycles. The number of aromatic amines is 1. The highest BCUT2D eigenvalue weighted by atomic mass is 16.5. The van der Waals surface area contributed by atoms with Gasteiger partial charge in [0.05, 0.1) is 24.1 Å². The zero-order chi connectivity index (χ0) is 14.7. The second-order valence-electron chi connectivity index (χ2n) is 4.27. The lowest BCUT2D eigenvalue weighted by molar-refractivity contribution is 0.0527. The molecule has 106 valence electrons. The third-order valence-corrected chi connectivity index (χ3v) is 2.91. The minimum Gasteiger partial charge on any atom is -0.469 e. The van der Waals surface area contributed by atoms with Crippen molar-refractivity contribution in [2.24, 2.45) is 0 Å². The molecular weight excluding hydrogens is 260 g/mol. The van der Waals surface area contributed by atoms with Crippen molar-refractivity contribution >= 4 is 17.6 Å². The summed E-state index contributed by atoms with van der Waals surface area (Å²) in [5.74, 6) is -0.279. The van der Waals surface area contributed by atoms with Crippen molar-refractivity contribution in [2.75, 3.05) is 11.9 Å². The van der Waals surface area contributed by atoms with Crippen LogP contribution in [0.15, 0.2) is 22.9 Å². The fourth-order valence-electron chi connectivity index (χ4n) is 1.90. The molecule has 0 fully saturated rings. The number of esters is 1. The molecular formula is C14H16N2O4. The number of carbonyl (C=O) groups excluding carboxylic acids is 2. The smallest absolute Gasteiger partial charge is 0.342 e. The van der Waals surface area contributed by atoms with Gasteiger partial charge in [-0.05, 0) is 26.8 Å². The van der Waals surface area contributed by atoms with E-state index < -0.39 is 5.97 Å². The highest BCUT2D eigenvalue weighted by Gasteiger charge is 2.20. The monoisotopic (exact) mass is 276 g/mol. The van der Waals surface area contributed by atoms with Gasteiger partial charge >= 0.3 is 5.97 Å². The highest BCUT2D eigenvalue weighted by Crippen LogP contribution is 2.21. The number of ether oxygens (including phenoxy) is 1. The normalized spacial score (nSPS) is 10.3. The Kier molecular flexibility index (Phi) is 3.93. The summed E-state index contributed by atoms with van der Waals surface area (Å²) in [5, 5.41) is 2.68. The molecule has 1 amide bonds. The van der Waals surface area contributed by atoms with Crippen LogP contribution in [-0.4, -0.2) is 23.5 Å². The van der Waals surface area contributed by atoms with Crippen LogP contribution < -0.4 is 5.32 Å². The molecule has 2 aromatic heterocycles. The van der Waals surface area contributed by atoms with Crippen LogP contribution in [-0.2, 0) is 4.74 Å². The Morgan fingerprint density at radius 3 is 2.75 bits per heavy atom. The summed E-state index contributed by atoms with van der Waals surface area (Å²) in [6, 6.07) is 1.58. The van der Waals surface area contributed by atoms with Gasteiger partial charge in [0.2, 0.25) is 0 Å². The van der Waals surface area contributed by atoms with Gasteiger partial charge in [-0.25, -0.2) is 4.79 Å². The Morgan fingerprint density at radius 2 is 2.15 bits per heavy atom. The number of nitrogens with one attached hydrogen (secondary N) is 2. The van der Waals surface area contributed by atoms with E-state index in [-0.39, 0.29) is 12.5 Å². The van der Waals surface area contributed by atoms with Crippen LogP contribution >= 0.6 is 0 Å². The first-order valence-corrected chi connectivity index (χ1v) is 6.25. The van der Waals surface area contributed by atoms with Crippen LogP contribution in [0, 0.1) is 13.8 Å². The Bertz CT molecular complexity index is 639. The number of amides is 1. The van der Waals surface area contributed by atoms with E-state index in [1.807, 2.05) is 0 Å². The second-order valence-corrected chi connectivity index (χ2v) is 4.27. The predicted octanol–water partition coefficient (Wildman–Crippen LogP) is 2.65. The van der Waals surface area contributed by atoms with Gasteiger partial charge < -0.3 is 19.5 Å². The van der Waals surface area contributed by atoms with E-state index in [1.165, 1.54) is 6.26 Å². The van der Waals surface area contributed by atoms with Crippen molar-refractivity contribution in [3.05, 3.63) is 41.1 Å². The van der Waals surface area contributed by atoms with Crippen molar-refractivity contribution < 1.29 is 18.7 Å². The number of hydrogen-bond acceptors (Lipinski definition) is 4. The van der Waals surface area contributed by atoms with Crippen LogP contribution in [0.5, 0.6) is 0 Å². The Hall–Kier alpha value is -2.50. The molecule has 0 saturated carbocycles.